The Bertz CT molecular complexity index is 803. The van der Waals surface area contributed by atoms with Crippen molar-refractivity contribution >= 4 is 28.2 Å². The van der Waals surface area contributed by atoms with E-state index in [1.165, 1.54) is 12.1 Å². The molecule has 1 aromatic carbocycles. The average Bonchev–Trinajstić information content (AvgIpc) is 2.90. The van der Waals surface area contributed by atoms with Gasteiger partial charge in [0.05, 0.1) is 0 Å². The minimum atomic E-state index is -4.79. The number of amides is 1. The summed E-state index contributed by atoms with van der Waals surface area (Å²) >= 11 is 0.525. The van der Waals surface area contributed by atoms with Gasteiger partial charge in [0.2, 0.25) is 11.7 Å². The summed E-state index contributed by atoms with van der Waals surface area (Å²) in [5, 5.41) is 2.10. The molecule has 2 rings (SSSR count). The van der Waals surface area contributed by atoms with Crippen molar-refractivity contribution in [3.8, 4) is 0 Å². The van der Waals surface area contributed by atoms with E-state index in [1.807, 2.05) is 6.92 Å². The molecule has 8 heteroatoms. The maximum atomic E-state index is 13.3. The van der Waals surface area contributed by atoms with Crippen molar-refractivity contribution in [1.82, 2.24) is 4.98 Å². The zero-order chi connectivity index (χ0) is 19.0. The number of ketones is 1. The number of carbonyl (C=O) groups is 2. The molecular formula is C17H17F3N2O2S. The summed E-state index contributed by atoms with van der Waals surface area (Å²) in [7, 11) is 0. The normalized spacial score (nSPS) is 12.1. The maximum Gasteiger partial charge on any atom is 0.435 e. The Hall–Kier alpha value is -2.22. The molecule has 0 aliphatic carbocycles. The maximum absolute atomic E-state index is 13.3. The molecule has 0 fully saturated rings. The van der Waals surface area contributed by atoms with E-state index >= 15 is 0 Å². The smallest absolute Gasteiger partial charge is 0.301 e. The highest BCUT2D eigenvalue weighted by molar-refractivity contribution is 7.18. The van der Waals surface area contributed by atoms with Crippen LogP contribution in [0.25, 0.3) is 0 Å². The second-order valence-corrected chi connectivity index (χ2v) is 7.59. The first-order chi connectivity index (χ1) is 11.4. The number of thiazole rings is 1. The van der Waals surface area contributed by atoms with Crippen molar-refractivity contribution in [1.29, 1.82) is 0 Å². The topological polar surface area (TPSA) is 59.1 Å². The molecule has 0 saturated carbocycles. The van der Waals surface area contributed by atoms with Crippen LogP contribution in [0.4, 0.5) is 18.3 Å². The summed E-state index contributed by atoms with van der Waals surface area (Å²) < 4.78 is 39.8. The minimum absolute atomic E-state index is 0.133. The number of benzene rings is 1. The van der Waals surface area contributed by atoms with Gasteiger partial charge in [-0.25, -0.2) is 4.98 Å². The van der Waals surface area contributed by atoms with Crippen molar-refractivity contribution in [3.05, 3.63) is 46.0 Å². The lowest BCUT2D eigenvalue weighted by Crippen LogP contribution is -2.27. The number of nitrogens with one attached hydrogen (secondary N) is 1. The Morgan fingerprint density at radius 2 is 1.64 bits per heavy atom. The molecule has 0 radical (unpaired) electrons. The molecule has 1 aromatic heterocycles. The molecule has 0 aliphatic heterocycles. The van der Waals surface area contributed by atoms with E-state index in [0.29, 0.717) is 11.3 Å². The van der Waals surface area contributed by atoms with Crippen molar-refractivity contribution in [3.63, 3.8) is 0 Å². The highest BCUT2D eigenvalue weighted by Crippen LogP contribution is 2.37. The largest absolute Gasteiger partial charge is 0.435 e. The number of nitrogens with zero attached hydrogens (tertiary/aromatic N) is 1. The highest BCUT2D eigenvalue weighted by Gasteiger charge is 2.40. The molecule has 0 unspecified atom stereocenters. The molecule has 0 atom stereocenters. The van der Waals surface area contributed by atoms with Gasteiger partial charge in [-0.15, -0.1) is 0 Å². The molecule has 25 heavy (non-hydrogen) atoms. The van der Waals surface area contributed by atoms with Gasteiger partial charge in [0, 0.05) is 11.0 Å². The zero-order valence-corrected chi connectivity index (χ0v) is 14.9. The zero-order valence-electron chi connectivity index (χ0n) is 14.1. The lowest BCUT2D eigenvalue weighted by atomic mass is 9.96. The number of halogens is 3. The SMILES string of the molecule is Cc1ccc(C(=O)c2sc(NC(=O)C(C)(C)C)nc2C(F)(F)F)cc1. The van der Waals surface area contributed by atoms with Gasteiger partial charge >= 0.3 is 6.18 Å². The predicted octanol–water partition coefficient (Wildman–Crippen LogP) is 4.69. The number of hydrogen-bond acceptors (Lipinski definition) is 4. The fourth-order valence-electron chi connectivity index (χ4n) is 1.84. The minimum Gasteiger partial charge on any atom is -0.301 e. The number of anilines is 1. The van der Waals surface area contributed by atoms with E-state index in [4.69, 9.17) is 0 Å². The first-order valence-corrected chi connectivity index (χ1v) is 8.22. The molecule has 4 nitrogen and oxygen atoms in total. The summed E-state index contributed by atoms with van der Waals surface area (Å²) in [6.45, 7) is 6.68. The van der Waals surface area contributed by atoms with Gasteiger partial charge in [-0.1, -0.05) is 61.9 Å². The summed E-state index contributed by atoms with van der Waals surface area (Å²) in [5.41, 5.74) is -1.07. The fraction of sp³-hybridized carbons (Fsp3) is 0.353. The quantitative estimate of drug-likeness (QED) is 0.798. The van der Waals surface area contributed by atoms with E-state index in [2.05, 4.69) is 10.3 Å². The Labute approximate surface area is 147 Å². The van der Waals surface area contributed by atoms with Crippen LogP contribution in [-0.2, 0) is 11.0 Å². The van der Waals surface area contributed by atoms with Gasteiger partial charge in [0.25, 0.3) is 0 Å². The van der Waals surface area contributed by atoms with Crippen LogP contribution in [0.1, 0.15) is 47.3 Å². The van der Waals surface area contributed by atoms with E-state index in [1.54, 1.807) is 32.9 Å². The van der Waals surface area contributed by atoms with E-state index in [0.717, 1.165) is 5.56 Å². The number of rotatable bonds is 3. The van der Waals surface area contributed by atoms with Crippen LogP contribution in [0.5, 0.6) is 0 Å². The van der Waals surface area contributed by atoms with Crippen LogP contribution in [0.15, 0.2) is 24.3 Å². The molecule has 1 N–H and O–H groups in total. The highest BCUT2D eigenvalue weighted by atomic mass is 32.1. The fourth-order valence-corrected chi connectivity index (χ4v) is 2.78. The van der Waals surface area contributed by atoms with Gasteiger partial charge in [0.15, 0.2) is 10.8 Å². The molecule has 0 spiro atoms. The van der Waals surface area contributed by atoms with Crippen LogP contribution < -0.4 is 5.32 Å². The lowest BCUT2D eigenvalue weighted by molar-refractivity contribution is -0.141. The van der Waals surface area contributed by atoms with Gasteiger partial charge in [-0.2, -0.15) is 13.2 Å². The van der Waals surface area contributed by atoms with E-state index in [9.17, 15) is 22.8 Å². The first-order valence-electron chi connectivity index (χ1n) is 7.40. The molecule has 1 amide bonds. The third-order valence-corrected chi connectivity index (χ3v) is 4.29. The van der Waals surface area contributed by atoms with Gasteiger partial charge in [0.1, 0.15) is 4.88 Å². The summed E-state index contributed by atoms with van der Waals surface area (Å²) in [6, 6.07) is 6.21. The number of hydrogen-bond donors (Lipinski definition) is 1. The van der Waals surface area contributed by atoms with Gasteiger partial charge in [-0.3, -0.25) is 9.59 Å². The Morgan fingerprint density at radius 3 is 2.12 bits per heavy atom. The van der Waals surface area contributed by atoms with Crippen molar-refractivity contribution in [2.24, 2.45) is 5.41 Å². The molecular weight excluding hydrogens is 353 g/mol. The van der Waals surface area contributed by atoms with Crippen molar-refractivity contribution in [2.75, 3.05) is 5.32 Å². The number of carbonyl (C=O) groups excluding carboxylic acids is 2. The third kappa shape index (κ3) is 4.45. The van der Waals surface area contributed by atoms with Gasteiger partial charge in [-0.05, 0) is 6.92 Å². The second kappa shape index (κ2) is 6.59. The summed E-state index contributed by atoms with van der Waals surface area (Å²) in [4.78, 5) is 27.3. The van der Waals surface area contributed by atoms with Gasteiger partial charge < -0.3 is 5.32 Å². The summed E-state index contributed by atoms with van der Waals surface area (Å²) in [6.07, 6.45) is -4.79. The monoisotopic (exact) mass is 370 g/mol. The Morgan fingerprint density at radius 1 is 1.08 bits per heavy atom. The molecule has 0 bridgehead atoms. The van der Waals surface area contributed by atoms with E-state index in [-0.39, 0.29) is 10.7 Å². The standard InChI is InChI=1S/C17H17F3N2O2S/c1-9-5-7-10(8-6-9)11(23)12-13(17(18,19)20)21-15(25-12)22-14(24)16(2,3)4/h5-8H,1-4H3,(H,21,22,24). The number of aryl methyl sites for hydroxylation is 1. The molecule has 2 aromatic rings. The van der Waals surface area contributed by atoms with Crippen LogP contribution >= 0.6 is 11.3 Å². The van der Waals surface area contributed by atoms with Crippen LogP contribution in [-0.4, -0.2) is 16.7 Å². The third-order valence-electron chi connectivity index (χ3n) is 3.32. The molecule has 134 valence electrons. The Balaban J connectivity index is 2.44. The lowest BCUT2D eigenvalue weighted by Gasteiger charge is -2.15. The van der Waals surface area contributed by atoms with E-state index < -0.39 is 33.9 Å². The molecule has 0 aliphatic rings. The molecule has 1 heterocycles. The first kappa shape index (κ1) is 19.1. The summed E-state index contributed by atoms with van der Waals surface area (Å²) in [5.74, 6) is -1.26. The molecule has 0 saturated heterocycles. The van der Waals surface area contributed by atoms with Crippen molar-refractivity contribution in [2.45, 2.75) is 33.9 Å². The number of alkyl halides is 3. The average molecular weight is 370 g/mol. The Kier molecular flexibility index (Phi) is 5.04. The second-order valence-electron chi connectivity index (χ2n) is 6.59. The van der Waals surface area contributed by atoms with Crippen LogP contribution in [0, 0.1) is 12.3 Å². The predicted molar refractivity (Wildman–Crippen MR) is 89.8 cm³/mol. The van der Waals surface area contributed by atoms with Crippen LogP contribution in [0.3, 0.4) is 0 Å². The number of aromatic nitrogens is 1. The van der Waals surface area contributed by atoms with Crippen LogP contribution in [0.2, 0.25) is 0 Å². The van der Waals surface area contributed by atoms with Crippen molar-refractivity contribution < 1.29 is 22.8 Å².